The Morgan fingerprint density at radius 1 is 0.768 bits per heavy atom. The number of hydrogen-bond donors (Lipinski definition) is 2. The highest BCUT2D eigenvalue weighted by Crippen LogP contribution is 2.42. The number of nitrogens with one attached hydrogen (secondary N) is 1. The number of piperazine rings is 1. The van der Waals surface area contributed by atoms with Crippen molar-refractivity contribution >= 4 is 11.8 Å². The molecule has 3 aliphatic heterocycles. The molecule has 4 aromatic rings. The van der Waals surface area contributed by atoms with Crippen molar-refractivity contribution in [3.8, 4) is 11.1 Å². The first-order valence-corrected chi connectivity index (χ1v) is 19.4. The van der Waals surface area contributed by atoms with Crippen LogP contribution in [0.5, 0.6) is 0 Å². The van der Waals surface area contributed by atoms with Crippen LogP contribution in [-0.4, -0.2) is 89.2 Å². The molecule has 0 aliphatic carbocycles. The second kappa shape index (κ2) is 17.7. The normalized spacial score (nSPS) is 23.6. The smallest absolute Gasteiger partial charge is 0.392 e. The lowest BCUT2D eigenvalue weighted by atomic mass is 9.89. The Bertz CT molecular complexity index is 1940. The molecule has 0 radical (unpaired) electrons. The number of halogens is 3. The number of alkyl halides is 3. The zero-order valence-electron chi connectivity index (χ0n) is 31.5. The quantitative estimate of drug-likeness (QED) is 0.177. The Balaban J connectivity index is 1.04. The highest BCUT2D eigenvalue weighted by Gasteiger charge is 2.47. The van der Waals surface area contributed by atoms with E-state index in [1.165, 1.54) is 5.56 Å². The largest absolute Gasteiger partial charge is 0.471 e. The summed E-state index contributed by atoms with van der Waals surface area (Å²) in [7, 11) is 0. The fraction of sp³-hybridized carbons (Fsp3) is 0.409. The van der Waals surface area contributed by atoms with Gasteiger partial charge in [0.1, 0.15) is 6.04 Å². The highest BCUT2D eigenvalue weighted by molar-refractivity contribution is 5.90. The zero-order chi connectivity index (χ0) is 39.2. The maximum atomic E-state index is 13.1. The van der Waals surface area contributed by atoms with Crippen molar-refractivity contribution in [3.05, 3.63) is 131 Å². The van der Waals surface area contributed by atoms with Crippen LogP contribution in [0.4, 0.5) is 13.2 Å². The summed E-state index contributed by atoms with van der Waals surface area (Å²) >= 11 is 0. The number of aliphatic hydroxyl groups excluding tert-OH is 1. The van der Waals surface area contributed by atoms with Crippen molar-refractivity contribution in [3.63, 3.8) is 0 Å². The Morgan fingerprint density at radius 3 is 2.16 bits per heavy atom. The molecule has 3 heterocycles. The summed E-state index contributed by atoms with van der Waals surface area (Å²) in [5.74, 6) is -2.53. The molecule has 3 saturated heterocycles. The first kappa shape index (κ1) is 39.6. The lowest BCUT2D eigenvalue weighted by Crippen LogP contribution is -2.51. The molecular weight excluding hydrogens is 722 g/mol. The van der Waals surface area contributed by atoms with Crippen LogP contribution >= 0.6 is 0 Å². The summed E-state index contributed by atoms with van der Waals surface area (Å²) in [6.07, 6.45) is -5.51. The van der Waals surface area contributed by atoms with Crippen LogP contribution in [0.3, 0.4) is 0 Å². The van der Waals surface area contributed by atoms with E-state index in [9.17, 15) is 27.9 Å². The summed E-state index contributed by atoms with van der Waals surface area (Å²) in [5, 5.41) is 12.4. The van der Waals surface area contributed by atoms with Crippen molar-refractivity contribution in [2.75, 3.05) is 39.3 Å². The zero-order valence-corrected chi connectivity index (χ0v) is 31.5. The molecule has 3 fully saturated rings. The van der Waals surface area contributed by atoms with Gasteiger partial charge in [0.15, 0.2) is 6.29 Å². The van der Waals surface area contributed by atoms with Gasteiger partial charge < -0.3 is 24.8 Å². The SMILES string of the molecule is CC1C(CN2CCN(Cc3ccccc3)CC2)OC(c2cccc(-c3cccc(CNC(=O)C4CCCN4C(=O)C(F)(F)F)c3)c2)OC1c1ccc(CO)cc1. The molecule has 56 heavy (non-hydrogen) atoms. The second-order valence-corrected chi connectivity index (χ2v) is 15.1. The minimum Gasteiger partial charge on any atom is -0.392 e. The van der Waals surface area contributed by atoms with Crippen LogP contribution in [0.15, 0.2) is 103 Å². The Hall–Kier alpha value is -4.59. The summed E-state index contributed by atoms with van der Waals surface area (Å²) in [4.78, 5) is 30.4. The number of nitrogens with zero attached hydrogens (tertiary/aromatic N) is 3. The Labute approximate surface area is 326 Å². The Morgan fingerprint density at radius 2 is 1.45 bits per heavy atom. The number of rotatable bonds is 11. The van der Waals surface area contributed by atoms with Gasteiger partial charge in [0, 0.05) is 63.8 Å². The molecule has 2 N–H and O–H groups in total. The summed E-state index contributed by atoms with van der Waals surface area (Å²) in [6, 6.07) is 32.9. The molecule has 7 rings (SSSR count). The molecule has 0 saturated carbocycles. The van der Waals surface area contributed by atoms with Crippen LogP contribution in [0.2, 0.25) is 0 Å². The van der Waals surface area contributed by atoms with Gasteiger partial charge in [-0.25, -0.2) is 0 Å². The van der Waals surface area contributed by atoms with Gasteiger partial charge in [0.05, 0.1) is 18.8 Å². The van der Waals surface area contributed by atoms with Crippen LogP contribution in [0.25, 0.3) is 11.1 Å². The van der Waals surface area contributed by atoms with Gasteiger partial charge in [-0.1, -0.05) is 97.9 Å². The maximum absolute atomic E-state index is 13.1. The molecule has 0 spiro atoms. The van der Waals surface area contributed by atoms with Gasteiger partial charge in [-0.2, -0.15) is 13.2 Å². The molecule has 5 unspecified atom stereocenters. The number of amides is 2. The maximum Gasteiger partial charge on any atom is 0.471 e. The number of benzene rings is 4. The third-order valence-electron chi connectivity index (χ3n) is 11.2. The van der Waals surface area contributed by atoms with Crippen molar-refractivity contribution < 1.29 is 37.3 Å². The fourth-order valence-electron chi connectivity index (χ4n) is 8.03. The van der Waals surface area contributed by atoms with Gasteiger partial charge in [-0.15, -0.1) is 0 Å². The molecule has 3 aliphatic rings. The minimum absolute atomic E-state index is 0.0333. The summed E-state index contributed by atoms with van der Waals surface area (Å²) < 4.78 is 52.9. The molecule has 5 atom stereocenters. The van der Waals surface area contributed by atoms with Gasteiger partial charge in [0.2, 0.25) is 5.91 Å². The van der Waals surface area contributed by atoms with E-state index in [1.54, 1.807) is 0 Å². The van der Waals surface area contributed by atoms with Gasteiger partial charge in [0.25, 0.3) is 0 Å². The molecule has 12 heteroatoms. The summed E-state index contributed by atoms with van der Waals surface area (Å²) in [6.45, 7) is 7.68. The fourth-order valence-corrected chi connectivity index (χ4v) is 8.03. The van der Waals surface area contributed by atoms with E-state index < -0.39 is 30.3 Å². The first-order chi connectivity index (χ1) is 27.1. The Kier molecular flexibility index (Phi) is 12.5. The third kappa shape index (κ3) is 9.50. The van der Waals surface area contributed by atoms with Crippen LogP contribution in [0, 0.1) is 5.92 Å². The van der Waals surface area contributed by atoms with Crippen molar-refractivity contribution in [2.45, 2.75) is 70.2 Å². The van der Waals surface area contributed by atoms with Crippen molar-refractivity contribution in [1.82, 2.24) is 20.0 Å². The van der Waals surface area contributed by atoms with Crippen molar-refractivity contribution in [2.24, 2.45) is 5.92 Å². The minimum atomic E-state index is -5.02. The van der Waals surface area contributed by atoms with Gasteiger partial charge in [-0.05, 0) is 58.4 Å². The standard InChI is InChI=1S/C44H49F3N4O5/c1-30-39(28-50-22-20-49(21-23-50)27-31-8-3-2-4-9-31)55-42(56-40(30)34-17-15-32(29-52)16-18-34)37-13-6-12-36(25-37)35-11-5-10-33(24-35)26-48-41(53)38-14-7-19-51(38)43(54)44(45,46)47/h2-6,8-13,15-18,24-25,30,38-40,42,52H,7,14,19-23,26-29H2,1H3,(H,48,53). The molecule has 9 nitrogen and oxygen atoms in total. The number of likely N-dealkylation sites (tertiary alicyclic amines) is 1. The van der Waals surface area contributed by atoms with Gasteiger partial charge in [-0.3, -0.25) is 19.4 Å². The van der Waals surface area contributed by atoms with Crippen LogP contribution in [0.1, 0.15) is 60.0 Å². The number of carbonyl (C=O) groups excluding carboxylic acids is 2. The van der Waals surface area contributed by atoms with E-state index in [0.29, 0.717) is 11.3 Å². The average molecular weight is 771 g/mol. The number of carbonyl (C=O) groups is 2. The highest BCUT2D eigenvalue weighted by atomic mass is 19.4. The topological polar surface area (TPSA) is 94.6 Å². The number of hydrogen-bond acceptors (Lipinski definition) is 7. The lowest BCUT2D eigenvalue weighted by molar-refractivity contribution is -0.276. The molecule has 0 aromatic heterocycles. The van der Waals surface area contributed by atoms with E-state index in [1.807, 2.05) is 78.9 Å². The van der Waals surface area contributed by atoms with Crippen LogP contribution in [-0.2, 0) is 38.8 Å². The molecule has 296 valence electrons. The lowest BCUT2D eigenvalue weighted by Gasteiger charge is -2.44. The number of ether oxygens (including phenoxy) is 2. The van der Waals surface area contributed by atoms with Gasteiger partial charge >= 0.3 is 12.1 Å². The van der Waals surface area contributed by atoms with E-state index in [4.69, 9.17) is 9.47 Å². The predicted molar refractivity (Wildman–Crippen MR) is 206 cm³/mol. The predicted octanol–water partition coefficient (Wildman–Crippen LogP) is 6.62. The summed E-state index contributed by atoms with van der Waals surface area (Å²) in [5.41, 5.74) is 6.60. The van der Waals surface area contributed by atoms with E-state index >= 15 is 0 Å². The molecule has 4 aromatic carbocycles. The average Bonchev–Trinajstić information content (AvgIpc) is 3.71. The molecule has 2 amide bonds. The van der Waals surface area contributed by atoms with E-state index in [0.717, 1.165) is 72.6 Å². The first-order valence-electron chi connectivity index (χ1n) is 19.4. The van der Waals surface area contributed by atoms with E-state index in [-0.39, 0.29) is 44.2 Å². The molecular formula is C44H49F3N4O5. The van der Waals surface area contributed by atoms with E-state index in [2.05, 4.69) is 46.3 Å². The second-order valence-electron chi connectivity index (χ2n) is 15.1. The van der Waals surface area contributed by atoms with Crippen LogP contribution < -0.4 is 5.32 Å². The monoisotopic (exact) mass is 770 g/mol. The molecule has 0 bridgehead atoms. The number of aliphatic hydroxyl groups is 1. The third-order valence-corrected chi connectivity index (χ3v) is 11.2. The van der Waals surface area contributed by atoms with Crippen molar-refractivity contribution in [1.29, 1.82) is 0 Å².